The van der Waals surface area contributed by atoms with Gasteiger partial charge in [-0.1, -0.05) is 26.0 Å². The van der Waals surface area contributed by atoms with Gasteiger partial charge in [0.05, 0.1) is 4.90 Å². The van der Waals surface area contributed by atoms with Crippen LogP contribution >= 0.6 is 0 Å². The number of hydrogen-bond acceptors (Lipinski definition) is 4. The molecule has 0 amide bonds. The normalized spacial score (nSPS) is 11.8. The molecule has 0 saturated carbocycles. The van der Waals surface area contributed by atoms with Gasteiger partial charge in [0.2, 0.25) is 10.0 Å². The zero-order chi connectivity index (χ0) is 14.5. The second-order valence-electron chi connectivity index (χ2n) is 4.59. The van der Waals surface area contributed by atoms with Crippen molar-refractivity contribution in [3.8, 4) is 0 Å². The summed E-state index contributed by atoms with van der Waals surface area (Å²) < 4.78 is 26.5. The van der Waals surface area contributed by atoms with Crippen molar-refractivity contribution in [1.82, 2.24) is 10.0 Å². The first kappa shape index (κ1) is 15.8. The summed E-state index contributed by atoms with van der Waals surface area (Å²) in [5.74, 6) is -0.154. The van der Waals surface area contributed by atoms with E-state index in [1.165, 1.54) is 19.1 Å². The molecule has 0 aliphatic rings. The van der Waals surface area contributed by atoms with Crippen LogP contribution in [0.5, 0.6) is 0 Å². The summed E-state index contributed by atoms with van der Waals surface area (Å²) in [5.41, 5.74) is 0.392. The van der Waals surface area contributed by atoms with E-state index in [0.29, 0.717) is 24.7 Å². The van der Waals surface area contributed by atoms with Gasteiger partial charge in [-0.05, 0) is 19.1 Å². The number of hydrogen-bond donors (Lipinski definition) is 2. The van der Waals surface area contributed by atoms with Gasteiger partial charge in [-0.15, -0.1) is 0 Å². The van der Waals surface area contributed by atoms with Crippen molar-refractivity contribution < 1.29 is 13.2 Å². The molecule has 1 rings (SSSR count). The smallest absolute Gasteiger partial charge is 0.240 e. The van der Waals surface area contributed by atoms with E-state index in [1.54, 1.807) is 12.1 Å². The van der Waals surface area contributed by atoms with E-state index in [0.717, 1.165) is 0 Å². The SMILES string of the molecule is CC(=O)c1cccc(S(=O)(=O)NCCNC(C)C)c1. The molecule has 0 bridgehead atoms. The van der Waals surface area contributed by atoms with E-state index in [4.69, 9.17) is 0 Å². The summed E-state index contributed by atoms with van der Waals surface area (Å²) in [4.78, 5) is 11.4. The molecule has 19 heavy (non-hydrogen) atoms. The molecular weight excluding hydrogens is 264 g/mol. The van der Waals surface area contributed by atoms with Gasteiger partial charge in [-0.25, -0.2) is 13.1 Å². The summed E-state index contributed by atoms with van der Waals surface area (Å²) in [6.07, 6.45) is 0. The van der Waals surface area contributed by atoms with Crippen LogP contribution in [0.2, 0.25) is 0 Å². The fourth-order valence-corrected chi connectivity index (χ4v) is 2.59. The second kappa shape index (κ2) is 6.79. The molecule has 1 aromatic rings. The first-order valence-corrected chi connectivity index (χ1v) is 7.65. The number of rotatable bonds is 7. The van der Waals surface area contributed by atoms with Crippen molar-refractivity contribution in [1.29, 1.82) is 0 Å². The Morgan fingerprint density at radius 3 is 2.53 bits per heavy atom. The van der Waals surface area contributed by atoms with Gasteiger partial charge in [0.15, 0.2) is 5.78 Å². The molecule has 0 unspecified atom stereocenters. The predicted octanol–water partition coefficient (Wildman–Crippen LogP) is 1.17. The van der Waals surface area contributed by atoms with Crippen LogP contribution < -0.4 is 10.0 Å². The predicted molar refractivity (Wildman–Crippen MR) is 74.8 cm³/mol. The van der Waals surface area contributed by atoms with Crippen LogP contribution in [0.25, 0.3) is 0 Å². The molecule has 2 N–H and O–H groups in total. The molecule has 0 aliphatic carbocycles. The van der Waals surface area contributed by atoms with E-state index in [2.05, 4.69) is 10.0 Å². The Kier molecular flexibility index (Phi) is 5.65. The molecule has 0 aliphatic heterocycles. The fourth-order valence-electron chi connectivity index (χ4n) is 1.51. The highest BCUT2D eigenvalue weighted by molar-refractivity contribution is 7.89. The van der Waals surface area contributed by atoms with E-state index in [-0.39, 0.29) is 10.7 Å². The molecule has 106 valence electrons. The van der Waals surface area contributed by atoms with Crippen LogP contribution in [0, 0.1) is 0 Å². The highest BCUT2D eigenvalue weighted by Crippen LogP contribution is 2.11. The molecular formula is C13H20N2O3S. The monoisotopic (exact) mass is 284 g/mol. The molecule has 0 fully saturated rings. The molecule has 0 atom stereocenters. The summed E-state index contributed by atoms with van der Waals surface area (Å²) in [5, 5.41) is 3.12. The van der Waals surface area contributed by atoms with E-state index < -0.39 is 10.0 Å². The topological polar surface area (TPSA) is 75.3 Å². The van der Waals surface area contributed by atoms with Gasteiger partial charge in [-0.2, -0.15) is 0 Å². The minimum absolute atomic E-state index is 0.116. The maximum absolute atomic E-state index is 12.0. The fraction of sp³-hybridized carbons (Fsp3) is 0.462. The van der Waals surface area contributed by atoms with Crippen LogP contribution in [0.1, 0.15) is 31.1 Å². The summed E-state index contributed by atoms with van der Waals surface area (Å²) in [7, 11) is -3.56. The van der Waals surface area contributed by atoms with Crippen LogP contribution in [0.15, 0.2) is 29.2 Å². The highest BCUT2D eigenvalue weighted by atomic mass is 32.2. The van der Waals surface area contributed by atoms with Gasteiger partial charge in [0.25, 0.3) is 0 Å². The highest BCUT2D eigenvalue weighted by Gasteiger charge is 2.14. The largest absolute Gasteiger partial charge is 0.313 e. The first-order valence-electron chi connectivity index (χ1n) is 6.17. The quantitative estimate of drug-likeness (QED) is 0.582. The number of benzene rings is 1. The van der Waals surface area contributed by atoms with Crippen molar-refractivity contribution in [3.05, 3.63) is 29.8 Å². The molecule has 0 aromatic heterocycles. The molecule has 5 nitrogen and oxygen atoms in total. The van der Waals surface area contributed by atoms with Crippen molar-refractivity contribution in [3.63, 3.8) is 0 Å². The molecule has 1 aromatic carbocycles. The Morgan fingerprint density at radius 1 is 1.26 bits per heavy atom. The number of carbonyl (C=O) groups excluding carboxylic acids is 1. The Labute approximate surface area is 114 Å². The van der Waals surface area contributed by atoms with Crippen LogP contribution in [0.3, 0.4) is 0 Å². The number of carbonyl (C=O) groups is 1. The van der Waals surface area contributed by atoms with Gasteiger partial charge in [0.1, 0.15) is 0 Å². The van der Waals surface area contributed by atoms with Gasteiger partial charge >= 0.3 is 0 Å². The zero-order valence-corrected chi connectivity index (χ0v) is 12.3. The maximum Gasteiger partial charge on any atom is 0.240 e. The molecule has 0 spiro atoms. The third kappa shape index (κ3) is 5.10. The average molecular weight is 284 g/mol. The van der Waals surface area contributed by atoms with Crippen LogP contribution in [-0.4, -0.2) is 33.3 Å². The van der Waals surface area contributed by atoms with Crippen LogP contribution in [0.4, 0.5) is 0 Å². The third-order valence-electron chi connectivity index (χ3n) is 2.52. The van der Waals surface area contributed by atoms with E-state index in [1.807, 2.05) is 13.8 Å². The molecule has 0 heterocycles. The number of ketones is 1. The van der Waals surface area contributed by atoms with Crippen molar-refractivity contribution in [2.75, 3.05) is 13.1 Å². The Balaban J connectivity index is 2.72. The Morgan fingerprint density at radius 2 is 1.95 bits per heavy atom. The third-order valence-corrected chi connectivity index (χ3v) is 3.98. The summed E-state index contributed by atoms with van der Waals surface area (Å²) >= 11 is 0. The number of sulfonamides is 1. The van der Waals surface area contributed by atoms with Crippen LogP contribution in [-0.2, 0) is 10.0 Å². The van der Waals surface area contributed by atoms with Crippen molar-refractivity contribution in [2.45, 2.75) is 31.7 Å². The number of Topliss-reactive ketones (excluding diaryl/α,β-unsaturated/α-hetero) is 1. The van der Waals surface area contributed by atoms with E-state index >= 15 is 0 Å². The maximum atomic E-state index is 12.0. The molecule has 0 saturated heterocycles. The van der Waals surface area contributed by atoms with Crippen molar-refractivity contribution >= 4 is 15.8 Å². The lowest BCUT2D eigenvalue weighted by molar-refractivity contribution is 0.101. The standard InChI is InChI=1S/C13H20N2O3S/c1-10(2)14-7-8-15-19(17,18)13-6-4-5-12(9-13)11(3)16/h4-6,9-10,14-15H,7-8H2,1-3H3. The zero-order valence-electron chi connectivity index (χ0n) is 11.4. The molecule has 6 heteroatoms. The lowest BCUT2D eigenvalue weighted by Crippen LogP contribution is -2.34. The minimum Gasteiger partial charge on any atom is -0.313 e. The lowest BCUT2D eigenvalue weighted by atomic mass is 10.2. The molecule has 0 radical (unpaired) electrons. The Hall–Kier alpha value is -1.24. The van der Waals surface area contributed by atoms with E-state index in [9.17, 15) is 13.2 Å². The average Bonchev–Trinajstić information content (AvgIpc) is 2.34. The Bertz CT molecular complexity index is 539. The minimum atomic E-state index is -3.56. The second-order valence-corrected chi connectivity index (χ2v) is 6.36. The van der Waals surface area contributed by atoms with Gasteiger partial charge in [-0.3, -0.25) is 4.79 Å². The number of nitrogens with one attached hydrogen (secondary N) is 2. The van der Waals surface area contributed by atoms with Gasteiger partial charge in [0, 0.05) is 24.7 Å². The lowest BCUT2D eigenvalue weighted by Gasteiger charge is -2.10. The van der Waals surface area contributed by atoms with Gasteiger partial charge < -0.3 is 5.32 Å². The van der Waals surface area contributed by atoms with Crippen molar-refractivity contribution in [2.24, 2.45) is 0 Å². The summed E-state index contributed by atoms with van der Waals surface area (Å²) in [6, 6.07) is 6.34. The summed E-state index contributed by atoms with van der Waals surface area (Å²) in [6.45, 7) is 6.26. The first-order chi connectivity index (χ1) is 8.83.